The van der Waals surface area contributed by atoms with Crippen molar-refractivity contribution >= 4 is 5.57 Å². The topological polar surface area (TPSA) is 0 Å². The largest absolute Gasteiger partial charge is 0.0763 e. The number of allylic oxidation sites excluding steroid dienone is 1. The van der Waals surface area contributed by atoms with Crippen LogP contribution in [0.4, 0.5) is 0 Å². The summed E-state index contributed by atoms with van der Waals surface area (Å²) < 4.78 is 0. The molecule has 0 aliphatic rings. The van der Waals surface area contributed by atoms with Crippen molar-refractivity contribution in [3.8, 4) is 0 Å². The molecular weight excluding hydrogens is 264 g/mol. The Bertz CT molecular complexity index is 624. The molecule has 0 aliphatic heterocycles. The molecule has 0 heterocycles. The number of rotatable bonds is 3. The van der Waals surface area contributed by atoms with Gasteiger partial charge in [0.05, 0.1) is 0 Å². The summed E-state index contributed by atoms with van der Waals surface area (Å²) in [5.41, 5.74) is 12.4. The number of hydrogen-bond acceptors (Lipinski definition) is 0. The maximum absolute atomic E-state index is 2.38. The Morgan fingerprint density at radius 3 is 1.27 bits per heavy atom. The van der Waals surface area contributed by atoms with Crippen molar-refractivity contribution in [3.63, 3.8) is 0 Å². The molecule has 0 fully saturated rings. The minimum absolute atomic E-state index is 1.05. The Morgan fingerprint density at radius 2 is 1.00 bits per heavy atom. The molecule has 0 radical (unpaired) electrons. The molecule has 2 aromatic carbocycles. The Kier molecular flexibility index (Phi) is 4.90. The van der Waals surface area contributed by atoms with Crippen molar-refractivity contribution in [1.82, 2.24) is 0 Å². The molecule has 0 N–H and O–H groups in total. The summed E-state index contributed by atoms with van der Waals surface area (Å²) in [5, 5.41) is 0. The van der Waals surface area contributed by atoms with Crippen LogP contribution in [0.1, 0.15) is 57.9 Å². The van der Waals surface area contributed by atoms with E-state index in [0.717, 1.165) is 6.42 Å². The van der Waals surface area contributed by atoms with Crippen LogP contribution in [-0.4, -0.2) is 0 Å². The molecule has 2 aromatic rings. The van der Waals surface area contributed by atoms with E-state index in [1.165, 1.54) is 50.1 Å². The maximum atomic E-state index is 2.38. The lowest BCUT2D eigenvalue weighted by molar-refractivity contribution is 1.20. The molecule has 0 heteroatoms. The molecule has 116 valence electrons. The fourth-order valence-electron chi connectivity index (χ4n) is 3.74. The van der Waals surface area contributed by atoms with Crippen LogP contribution in [0.25, 0.3) is 5.57 Å². The number of benzene rings is 2. The molecule has 0 amide bonds. The van der Waals surface area contributed by atoms with Crippen molar-refractivity contribution in [1.29, 1.82) is 0 Å². The molecule has 0 bridgehead atoms. The summed E-state index contributed by atoms with van der Waals surface area (Å²) in [6, 6.07) is 9.19. The molecule has 22 heavy (non-hydrogen) atoms. The van der Waals surface area contributed by atoms with Crippen molar-refractivity contribution in [2.75, 3.05) is 0 Å². The standard InChI is InChI=1S/C22H28/c1-8-9-20(21-16(4)10-14(2)11-17(21)5)22-18(6)12-15(3)13-19(22)7/h9-13H,8H2,1-7H3. The van der Waals surface area contributed by atoms with Crippen LogP contribution >= 0.6 is 0 Å². The van der Waals surface area contributed by atoms with Gasteiger partial charge in [-0.05, 0) is 86.9 Å². The van der Waals surface area contributed by atoms with Crippen LogP contribution in [0, 0.1) is 41.5 Å². The Morgan fingerprint density at radius 1 is 0.682 bits per heavy atom. The molecule has 2 rings (SSSR count). The summed E-state index contributed by atoms with van der Waals surface area (Å²) in [4.78, 5) is 0. The van der Waals surface area contributed by atoms with E-state index in [4.69, 9.17) is 0 Å². The predicted molar refractivity (Wildman–Crippen MR) is 98.7 cm³/mol. The molecule has 0 nitrogen and oxygen atoms in total. The van der Waals surface area contributed by atoms with Gasteiger partial charge in [0.25, 0.3) is 0 Å². The van der Waals surface area contributed by atoms with Gasteiger partial charge in [-0.2, -0.15) is 0 Å². The van der Waals surface area contributed by atoms with Crippen LogP contribution < -0.4 is 0 Å². The van der Waals surface area contributed by atoms with Crippen molar-refractivity contribution in [2.24, 2.45) is 0 Å². The van der Waals surface area contributed by atoms with Gasteiger partial charge < -0.3 is 0 Å². The smallest absolute Gasteiger partial charge is 0.0122 e. The van der Waals surface area contributed by atoms with Gasteiger partial charge >= 0.3 is 0 Å². The van der Waals surface area contributed by atoms with Gasteiger partial charge in [0, 0.05) is 0 Å². The van der Waals surface area contributed by atoms with Gasteiger partial charge in [0.2, 0.25) is 0 Å². The minimum atomic E-state index is 1.05. The van der Waals surface area contributed by atoms with Gasteiger partial charge in [-0.25, -0.2) is 0 Å². The SMILES string of the molecule is CCC=C(c1c(C)cc(C)cc1C)c1c(C)cc(C)cc1C. The minimum Gasteiger partial charge on any atom is -0.0763 e. The highest BCUT2D eigenvalue weighted by molar-refractivity contribution is 5.86. The van der Waals surface area contributed by atoms with Crippen molar-refractivity contribution in [2.45, 2.75) is 54.9 Å². The molecule has 0 spiro atoms. The Hall–Kier alpha value is -1.82. The van der Waals surface area contributed by atoms with Gasteiger partial charge in [-0.3, -0.25) is 0 Å². The van der Waals surface area contributed by atoms with Gasteiger partial charge in [-0.1, -0.05) is 48.4 Å². The summed E-state index contributed by atoms with van der Waals surface area (Å²) >= 11 is 0. The summed E-state index contributed by atoms with van der Waals surface area (Å²) in [6.07, 6.45) is 3.43. The zero-order valence-corrected chi connectivity index (χ0v) is 15.1. The fourth-order valence-corrected chi connectivity index (χ4v) is 3.74. The normalized spacial score (nSPS) is 10.7. The lowest BCUT2D eigenvalue weighted by Crippen LogP contribution is -2.01. The molecule has 0 unspecified atom stereocenters. The third-order valence-corrected chi connectivity index (χ3v) is 4.30. The van der Waals surface area contributed by atoms with Crippen molar-refractivity contribution < 1.29 is 0 Å². The molecule has 0 saturated heterocycles. The van der Waals surface area contributed by atoms with Crippen LogP contribution in [0.15, 0.2) is 30.3 Å². The maximum Gasteiger partial charge on any atom is -0.0122 e. The van der Waals surface area contributed by atoms with E-state index >= 15 is 0 Å². The zero-order valence-electron chi connectivity index (χ0n) is 15.1. The first-order chi connectivity index (χ1) is 10.3. The van der Waals surface area contributed by atoms with Crippen LogP contribution in [0.3, 0.4) is 0 Å². The quantitative estimate of drug-likeness (QED) is 0.616. The highest BCUT2D eigenvalue weighted by atomic mass is 14.2. The second-order valence-corrected chi connectivity index (χ2v) is 6.57. The summed E-state index contributed by atoms with van der Waals surface area (Å²) in [6.45, 7) is 15.5. The third-order valence-electron chi connectivity index (χ3n) is 4.30. The first-order valence-electron chi connectivity index (χ1n) is 8.21. The van der Waals surface area contributed by atoms with Crippen molar-refractivity contribution in [3.05, 3.63) is 74.8 Å². The van der Waals surface area contributed by atoms with Gasteiger partial charge in [-0.15, -0.1) is 0 Å². The third kappa shape index (κ3) is 3.16. The lowest BCUT2D eigenvalue weighted by Gasteiger charge is -2.20. The van der Waals surface area contributed by atoms with E-state index in [2.05, 4.69) is 78.8 Å². The van der Waals surface area contributed by atoms with E-state index in [0.29, 0.717) is 0 Å². The molecular formula is C22H28. The van der Waals surface area contributed by atoms with E-state index < -0.39 is 0 Å². The fraction of sp³-hybridized carbons (Fsp3) is 0.364. The summed E-state index contributed by atoms with van der Waals surface area (Å²) in [7, 11) is 0. The van der Waals surface area contributed by atoms with E-state index in [1.807, 2.05) is 0 Å². The average molecular weight is 292 g/mol. The first kappa shape index (κ1) is 16.5. The van der Waals surface area contributed by atoms with E-state index in [9.17, 15) is 0 Å². The molecule has 0 aromatic heterocycles. The van der Waals surface area contributed by atoms with Crippen LogP contribution in [-0.2, 0) is 0 Å². The highest BCUT2D eigenvalue weighted by Crippen LogP contribution is 2.34. The van der Waals surface area contributed by atoms with Crippen LogP contribution in [0.5, 0.6) is 0 Å². The molecule has 0 saturated carbocycles. The van der Waals surface area contributed by atoms with Crippen LogP contribution in [0.2, 0.25) is 0 Å². The zero-order chi connectivity index (χ0) is 16.4. The molecule has 0 aliphatic carbocycles. The Balaban J connectivity index is 2.77. The number of hydrogen-bond donors (Lipinski definition) is 0. The van der Waals surface area contributed by atoms with E-state index in [-0.39, 0.29) is 0 Å². The van der Waals surface area contributed by atoms with Gasteiger partial charge in [0.1, 0.15) is 0 Å². The molecule has 0 atom stereocenters. The van der Waals surface area contributed by atoms with E-state index in [1.54, 1.807) is 0 Å². The second kappa shape index (κ2) is 6.52. The monoisotopic (exact) mass is 292 g/mol. The highest BCUT2D eigenvalue weighted by Gasteiger charge is 2.15. The Labute approximate surface area is 135 Å². The summed E-state index contributed by atoms with van der Waals surface area (Å²) in [5.74, 6) is 0. The predicted octanol–water partition coefficient (Wildman–Crippen LogP) is 6.38. The average Bonchev–Trinajstić information content (AvgIpc) is 2.36. The lowest BCUT2D eigenvalue weighted by atomic mass is 9.84. The first-order valence-corrected chi connectivity index (χ1v) is 8.21. The second-order valence-electron chi connectivity index (χ2n) is 6.57. The number of aryl methyl sites for hydroxylation is 6. The van der Waals surface area contributed by atoms with Gasteiger partial charge in [0.15, 0.2) is 0 Å².